The number of ketones is 1. The molecule has 0 fully saturated rings. The van der Waals surface area contributed by atoms with Gasteiger partial charge in [-0.3, -0.25) is 9.59 Å². The summed E-state index contributed by atoms with van der Waals surface area (Å²) in [4.78, 5) is 24.2. The maximum Gasteiger partial charge on any atom is 0.321 e. The molecule has 0 amide bonds. The summed E-state index contributed by atoms with van der Waals surface area (Å²) >= 11 is 0. The van der Waals surface area contributed by atoms with Gasteiger partial charge < -0.3 is 9.47 Å². The van der Waals surface area contributed by atoms with E-state index in [1.54, 1.807) is 14.0 Å². The molecule has 1 aliphatic carbocycles. The molecule has 4 heteroatoms. The summed E-state index contributed by atoms with van der Waals surface area (Å²) in [5.41, 5.74) is 1.69. The van der Waals surface area contributed by atoms with E-state index in [2.05, 4.69) is 0 Å². The first-order chi connectivity index (χ1) is 9.19. The van der Waals surface area contributed by atoms with Crippen LogP contribution in [0.2, 0.25) is 0 Å². The molecule has 1 aliphatic rings. The zero-order valence-electron chi connectivity index (χ0n) is 11.3. The lowest BCUT2D eigenvalue weighted by Crippen LogP contribution is -2.23. The standard InChI is InChI=1S/C15H18O4/c1-3-19-15(17)14-11-7-5-9-13(18-2)10(11)6-4-8-12(14)16/h5,7,9,14H,3-4,6,8H2,1-2H3/t14-/m0/s1. The van der Waals surface area contributed by atoms with E-state index >= 15 is 0 Å². The van der Waals surface area contributed by atoms with E-state index < -0.39 is 11.9 Å². The molecule has 0 saturated carbocycles. The van der Waals surface area contributed by atoms with Gasteiger partial charge in [0.15, 0.2) is 5.78 Å². The molecule has 0 aliphatic heterocycles. The number of benzene rings is 1. The fourth-order valence-electron chi connectivity index (χ4n) is 2.55. The van der Waals surface area contributed by atoms with Crippen LogP contribution in [0.5, 0.6) is 5.75 Å². The van der Waals surface area contributed by atoms with Gasteiger partial charge in [-0.25, -0.2) is 0 Å². The van der Waals surface area contributed by atoms with Gasteiger partial charge in [-0.05, 0) is 37.0 Å². The predicted molar refractivity (Wildman–Crippen MR) is 70.3 cm³/mol. The van der Waals surface area contributed by atoms with Gasteiger partial charge >= 0.3 is 5.97 Å². The number of rotatable bonds is 3. The smallest absolute Gasteiger partial charge is 0.321 e. The first kappa shape index (κ1) is 13.6. The number of carbonyl (C=O) groups excluding carboxylic acids is 2. The highest BCUT2D eigenvalue weighted by atomic mass is 16.5. The Hall–Kier alpha value is -1.84. The number of ether oxygens (including phenoxy) is 2. The average molecular weight is 262 g/mol. The van der Waals surface area contributed by atoms with Crippen LogP contribution < -0.4 is 4.74 Å². The Morgan fingerprint density at radius 1 is 1.37 bits per heavy atom. The summed E-state index contributed by atoms with van der Waals surface area (Å²) in [6, 6.07) is 5.49. The van der Waals surface area contributed by atoms with E-state index in [1.807, 2.05) is 18.2 Å². The molecular weight excluding hydrogens is 244 g/mol. The highest BCUT2D eigenvalue weighted by molar-refractivity contribution is 6.05. The Balaban J connectivity index is 2.49. The van der Waals surface area contributed by atoms with Crippen molar-refractivity contribution in [3.8, 4) is 5.75 Å². The van der Waals surface area contributed by atoms with E-state index in [-0.39, 0.29) is 12.4 Å². The molecule has 0 spiro atoms. The summed E-state index contributed by atoms with van der Waals surface area (Å²) in [7, 11) is 1.60. The molecule has 0 unspecified atom stereocenters. The quantitative estimate of drug-likeness (QED) is 0.476. The first-order valence-electron chi connectivity index (χ1n) is 6.54. The minimum Gasteiger partial charge on any atom is -0.496 e. The SMILES string of the molecule is CCOC(=O)[C@@H]1C(=O)CCCc2c(OC)cccc21. The highest BCUT2D eigenvalue weighted by Crippen LogP contribution is 2.34. The molecule has 1 atom stereocenters. The minimum absolute atomic E-state index is 0.0644. The fourth-order valence-corrected chi connectivity index (χ4v) is 2.55. The topological polar surface area (TPSA) is 52.6 Å². The number of fused-ring (bicyclic) bond motifs is 1. The number of hydrogen-bond donors (Lipinski definition) is 0. The molecule has 0 radical (unpaired) electrons. The number of Topliss-reactive ketones (excluding diaryl/α,β-unsaturated/α-hetero) is 1. The van der Waals surface area contributed by atoms with Crippen molar-refractivity contribution >= 4 is 11.8 Å². The largest absolute Gasteiger partial charge is 0.496 e. The lowest BCUT2D eigenvalue weighted by molar-refractivity contribution is -0.147. The van der Waals surface area contributed by atoms with Gasteiger partial charge in [0, 0.05) is 6.42 Å². The minimum atomic E-state index is -0.799. The summed E-state index contributed by atoms with van der Waals surface area (Å²) in [6.07, 6.45) is 1.89. The van der Waals surface area contributed by atoms with E-state index in [1.165, 1.54) is 0 Å². The lowest BCUT2D eigenvalue weighted by Gasteiger charge is -2.17. The van der Waals surface area contributed by atoms with Crippen LogP contribution in [0.3, 0.4) is 0 Å². The zero-order chi connectivity index (χ0) is 13.8. The van der Waals surface area contributed by atoms with Gasteiger partial charge in [0.05, 0.1) is 13.7 Å². The molecule has 102 valence electrons. The second kappa shape index (κ2) is 5.87. The maximum atomic E-state index is 12.2. The summed E-state index contributed by atoms with van der Waals surface area (Å²) in [5.74, 6) is -0.580. The maximum absolute atomic E-state index is 12.2. The summed E-state index contributed by atoms with van der Waals surface area (Å²) in [5, 5.41) is 0. The van der Waals surface area contributed by atoms with Crippen LogP contribution in [0.4, 0.5) is 0 Å². The molecule has 19 heavy (non-hydrogen) atoms. The van der Waals surface area contributed by atoms with E-state index in [4.69, 9.17) is 9.47 Å². The van der Waals surface area contributed by atoms with Crippen molar-refractivity contribution in [1.82, 2.24) is 0 Å². The van der Waals surface area contributed by atoms with Gasteiger partial charge in [-0.15, -0.1) is 0 Å². The monoisotopic (exact) mass is 262 g/mol. The average Bonchev–Trinajstić information content (AvgIpc) is 2.56. The Labute approximate surface area is 112 Å². The Bertz CT molecular complexity index is 493. The van der Waals surface area contributed by atoms with Crippen LogP contribution in [0.25, 0.3) is 0 Å². The van der Waals surface area contributed by atoms with Gasteiger partial charge in [-0.2, -0.15) is 0 Å². The first-order valence-corrected chi connectivity index (χ1v) is 6.54. The Kier molecular flexibility index (Phi) is 4.20. The molecule has 0 N–H and O–H groups in total. The number of hydrogen-bond acceptors (Lipinski definition) is 4. The number of esters is 1. The van der Waals surface area contributed by atoms with Gasteiger partial charge in [0.1, 0.15) is 11.7 Å². The fraction of sp³-hybridized carbons (Fsp3) is 0.467. The van der Waals surface area contributed by atoms with Gasteiger partial charge in [0.25, 0.3) is 0 Å². The van der Waals surface area contributed by atoms with Crippen LogP contribution in [-0.4, -0.2) is 25.5 Å². The number of methoxy groups -OCH3 is 1. The van der Waals surface area contributed by atoms with Crippen LogP contribution in [-0.2, 0) is 20.7 Å². The van der Waals surface area contributed by atoms with Gasteiger partial charge in [0.2, 0.25) is 0 Å². The van der Waals surface area contributed by atoms with Gasteiger partial charge in [-0.1, -0.05) is 12.1 Å². The summed E-state index contributed by atoms with van der Waals surface area (Å²) < 4.78 is 10.4. The van der Waals surface area contributed by atoms with Crippen LogP contribution in [0.1, 0.15) is 36.8 Å². The third kappa shape index (κ3) is 2.62. The normalized spacial score (nSPS) is 18.4. The van der Waals surface area contributed by atoms with Crippen molar-refractivity contribution in [2.75, 3.05) is 13.7 Å². The third-order valence-electron chi connectivity index (χ3n) is 3.39. The van der Waals surface area contributed by atoms with E-state index in [9.17, 15) is 9.59 Å². The zero-order valence-corrected chi connectivity index (χ0v) is 11.3. The second-order valence-electron chi connectivity index (χ2n) is 4.53. The molecule has 1 aromatic rings. The highest BCUT2D eigenvalue weighted by Gasteiger charge is 2.34. The second-order valence-corrected chi connectivity index (χ2v) is 4.53. The Morgan fingerprint density at radius 2 is 2.16 bits per heavy atom. The Morgan fingerprint density at radius 3 is 2.84 bits per heavy atom. The molecule has 1 aromatic carbocycles. The lowest BCUT2D eigenvalue weighted by atomic mass is 9.91. The molecular formula is C15H18O4. The molecule has 0 saturated heterocycles. The molecule has 2 rings (SSSR count). The molecule has 0 bridgehead atoms. The molecule has 0 heterocycles. The van der Waals surface area contributed by atoms with Crippen molar-refractivity contribution in [2.45, 2.75) is 32.1 Å². The van der Waals surface area contributed by atoms with Crippen LogP contribution in [0.15, 0.2) is 18.2 Å². The molecule has 4 nitrogen and oxygen atoms in total. The third-order valence-corrected chi connectivity index (χ3v) is 3.39. The number of carbonyl (C=O) groups is 2. The van der Waals surface area contributed by atoms with Crippen LogP contribution in [0, 0.1) is 0 Å². The predicted octanol–water partition coefficient (Wildman–Crippen LogP) is 2.25. The summed E-state index contributed by atoms with van der Waals surface area (Å²) in [6.45, 7) is 2.02. The van der Waals surface area contributed by atoms with Crippen LogP contribution >= 0.6 is 0 Å². The van der Waals surface area contributed by atoms with Crippen molar-refractivity contribution in [3.05, 3.63) is 29.3 Å². The van der Waals surface area contributed by atoms with E-state index in [0.29, 0.717) is 6.42 Å². The van der Waals surface area contributed by atoms with Crippen molar-refractivity contribution in [2.24, 2.45) is 0 Å². The van der Waals surface area contributed by atoms with Crippen molar-refractivity contribution in [3.63, 3.8) is 0 Å². The van der Waals surface area contributed by atoms with E-state index in [0.717, 1.165) is 29.7 Å². The van der Waals surface area contributed by atoms with Crippen molar-refractivity contribution in [1.29, 1.82) is 0 Å². The molecule has 0 aromatic heterocycles. The van der Waals surface area contributed by atoms with Crippen molar-refractivity contribution < 1.29 is 19.1 Å².